The zero-order chi connectivity index (χ0) is 17.1. The van der Waals surface area contributed by atoms with Gasteiger partial charge in [0.05, 0.1) is 30.2 Å². The van der Waals surface area contributed by atoms with Gasteiger partial charge in [-0.05, 0) is 25.6 Å². The maximum Gasteiger partial charge on any atom is 0.192 e. The molecule has 2 aliphatic rings. The summed E-state index contributed by atoms with van der Waals surface area (Å²) >= 11 is 5.20. The summed E-state index contributed by atoms with van der Waals surface area (Å²) in [6.45, 7) is 5.81. The van der Waals surface area contributed by atoms with E-state index in [0.717, 1.165) is 23.5 Å². The number of aliphatic imine (C=N–C) groups is 1. The predicted molar refractivity (Wildman–Crippen MR) is 98.2 cm³/mol. The highest BCUT2D eigenvalue weighted by atomic mass is 32.1. The van der Waals surface area contributed by atoms with Crippen LogP contribution in [0, 0.1) is 0 Å². The Morgan fingerprint density at radius 3 is 3.00 bits per heavy atom. The summed E-state index contributed by atoms with van der Waals surface area (Å²) in [5, 5.41) is 14.2. The number of imidazole rings is 1. The molecule has 2 aromatic rings. The van der Waals surface area contributed by atoms with Gasteiger partial charge < -0.3 is 9.88 Å². The summed E-state index contributed by atoms with van der Waals surface area (Å²) in [5.41, 5.74) is 4.78. The zero-order valence-corrected chi connectivity index (χ0v) is 14.6. The molecule has 0 saturated heterocycles. The second-order valence-electron chi connectivity index (χ2n) is 5.13. The van der Waals surface area contributed by atoms with Gasteiger partial charge in [0.25, 0.3) is 0 Å². The molecule has 24 heavy (non-hydrogen) atoms. The van der Waals surface area contributed by atoms with Crippen LogP contribution in [-0.4, -0.2) is 43.0 Å². The minimum absolute atomic E-state index is 0.285. The Balaban J connectivity index is 0.000000815. The third-order valence-corrected chi connectivity index (χ3v) is 3.87. The van der Waals surface area contributed by atoms with Crippen molar-refractivity contribution in [2.75, 3.05) is 0 Å². The van der Waals surface area contributed by atoms with Crippen molar-refractivity contribution >= 4 is 29.4 Å². The molecule has 0 radical (unpaired) electrons. The van der Waals surface area contributed by atoms with E-state index in [2.05, 4.69) is 40.6 Å². The molecule has 4 rings (SSSR count). The van der Waals surface area contributed by atoms with E-state index in [-0.39, 0.29) is 6.04 Å². The molecule has 0 aromatic carbocycles. The van der Waals surface area contributed by atoms with Crippen LogP contribution in [0.4, 0.5) is 0 Å². The molecule has 1 aliphatic carbocycles. The van der Waals surface area contributed by atoms with E-state index in [0.29, 0.717) is 17.0 Å². The normalized spacial score (nSPS) is 20.4. The number of amidine groups is 1. The Morgan fingerprint density at radius 2 is 2.29 bits per heavy atom. The van der Waals surface area contributed by atoms with Gasteiger partial charge in [0.15, 0.2) is 16.8 Å². The lowest BCUT2D eigenvalue weighted by Crippen LogP contribution is -2.40. The monoisotopic (exact) mass is 344 g/mol. The highest BCUT2D eigenvalue weighted by molar-refractivity contribution is 7.80. The first-order valence-corrected chi connectivity index (χ1v) is 8.38. The molecule has 9 heteroatoms. The van der Waals surface area contributed by atoms with Crippen molar-refractivity contribution in [1.29, 1.82) is 0 Å². The molecular weight excluding hydrogens is 324 g/mol. The summed E-state index contributed by atoms with van der Waals surface area (Å²) < 4.78 is 2.20. The van der Waals surface area contributed by atoms with Crippen molar-refractivity contribution in [3.63, 3.8) is 0 Å². The second kappa shape index (κ2) is 6.91. The van der Waals surface area contributed by atoms with E-state index in [1.807, 2.05) is 33.2 Å². The van der Waals surface area contributed by atoms with Gasteiger partial charge in [-0.25, -0.2) is 4.98 Å². The third-order valence-electron chi connectivity index (χ3n) is 3.68. The summed E-state index contributed by atoms with van der Waals surface area (Å²) in [4.78, 5) is 9.17. The molecule has 126 valence electrons. The molecule has 8 nitrogen and oxygen atoms in total. The Labute approximate surface area is 145 Å². The van der Waals surface area contributed by atoms with Crippen molar-refractivity contribution in [1.82, 2.24) is 30.5 Å². The van der Waals surface area contributed by atoms with Crippen molar-refractivity contribution < 1.29 is 0 Å². The summed E-state index contributed by atoms with van der Waals surface area (Å²) in [6.07, 6.45) is 8.16. The van der Waals surface area contributed by atoms with E-state index < -0.39 is 0 Å². The fourth-order valence-electron chi connectivity index (χ4n) is 2.63. The second-order valence-corrected chi connectivity index (χ2v) is 5.53. The highest BCUT2D eigenvalue weighted by Gasteiger charge is 2.45. The largest absolute Gasteiger partial charge is 0.316 e. The molecule has 0 amide bonds. The SMILES string of the molecule is C/C=N\NC(=S)NC1=NC2CC2n2c(-c3cn[nH]c3)cnc21.CC. The third kappa shape index (κ3) is 2.94. The Bertz CT molecular complexity index is 774. The van der Waals surface area contributed by atoms with Crippen LogP contribution in [0.5, 0.6) is 0 Å². The first kappa shape index (κ1) is 16.3. The maximum atomic E-state index is 5.20. The summed E-state index contributed by atoms with van der Waals surface area (Å²) in [6, 6.07) is 0.662. The van der Waals surface area contributed by atoms with Gasteiger partial charge in [-0.1, -0.05) is 13.8 Å². The van der Waals surface area contributed by atoms with E-state index in [4.69, 9.17) is 12.2 Å². The average molecular weight is 344 g/mol. The quantitative estimate of drug-likeness (QED) is 0.439. The predicted octanol–water partition coefficient (Wildman–Crippen LogP) is 1.84. The Kier molecular flexibility index (Phi) is 4.70. The average Bonchev–Trinajstić information content (AvgIpc) is 3.03. The lowest BCUT2D eigenvalue weighted by molar-refractivity contribution is 0.689. The van der Waals surface area contributed by atoms with Crippen LogP contribution in [0.3, 0.4) is 0 Å². The molecule has 1 saturated carbocycles. The molecular formula is C15H20N8S. The molecule has 1 aliphatic heterocycles. The van der Waals surface area contributed by atoms with Crippen molar-refractivity contribution in [2.24, 2.45) is 10.1 Å². The molecule has 1 fully saturated rings. The number of rotatable bonds is 2. The van der Waals surface area contributed by atoms with Crippen molar-refractivity contribution in [3.05, 3.63) is 24.4 Å². The van der Waals surface area contributed by atoms with Crippen LogP contribution in [-0.2, 0) is 0 Å². The fraction of sp³-hybridized carbons (Fsp3) is 0.400. The minimum atomic E-state index is 0.285. The van der Waals surface area contributed by atoms with Crippen LogP contribution in [0.2, 0.25) is 0 Å². The molecule has 0 spiro atoms. The first-order valence-electron chi connectivity index (χ1n) is 7.97. The van der Waals surface area contributed by atoms with E-state index in [1.54, 1.807) is 12.4 Å². The number of hydrogen-bond acceptors (Lipinski definition) is 5. The van der Waals surface area contributed by atoms with Gasteiger partial charge in [-0.15, -0.1) is 0 Å². The fourth-order valence-corrected chi connectivity index (χ4v) is 2.78. The molecule has 2 aromatic heterocycles. The van der Waals surface area contributed by atoms with Crippen molar-refractivity contribution in [2.45, 2.75) is 39.3 Å². The van der Waals surface area contributed by atoms with Gasteiger partial charge in [-0.2, -0.15) is 10.2 Å². The van der Waals surface area contributed by atoms with Gasteiger partial charge >= 0.3 is 0 Å². The number of hydrogen-bond donors (Lipinski definition) is 3. The number of aromatic amines is 1. The first-order chi connectivity index (χ1) is 11.8. The van der Waals surface area contributed by atoms with Gasteiger partial charge in [-0.3, -0.25) is 15.5 Å². The molecule has 3 heterocycles. The van der Waals surface area contributed by atoms with E-state index in [9.17, 15) is 0 Å². The highest BCUT2D eigenvalue weighted by Crippen LogP contribution is 2.45. The summed E-state index contributed by atoms with van der Waals surface area (Å²) in [7, 11) is 0. The maximum absolute atomic E-state index is 5.20. The van der Waals surface area contributed by atoms with Crippen LogP contribution < -0.4 is 10.7 Å². The molecule has 2 unspecified atom stereocenters. The molecule has 3 N–H and O–H groups in total. The van der Waals surface area contributed by atoms with Crippen LogP contribution in [0.1, 0.15) is 39.1 Å². The lowest BCUT2D eigenvalue weighted by Gasteiger charge is -2.17. The standard InChI is InChI=1S/C13H14N8S.C2H6/c1-2-15-20-13(22)19-11-12-14-6-10(7-4-16-17-5-7)21(12)9-3-8(9)18-11;1-2/h2,4-6,8-9H,3H2,1H3,(H,16,17)(H2,18,19,20,22);1-2H3/b15-2-;. The van der Waals surface area contributed by atoms with Crippen molar-refractivity contribution in [3.8, 4) is 11.3 Å². The number of nitrogens with zero attached hydrogens (tertiary/aromatic N) is 5. The smallest absolute Gasteiger partial charge is 0.192 e. The number of hydrazone groups is 1. The number of fused-ring (bicyclic) bond motifs is 3. The van der Waals surface area contributed by atoms with Crippen LogP contribution in [0.25, 0.3) is 11.3 Å². The van der Waals surface area contributed by atoms with Crippen LogP contribution >= 0.6 is 12.2 Å². The Hall–Kier alpha value is -2.55. The van der Waals surface area contributed by atoms with E-state index >= 15 is 0 Å². The molecule has 2 atom stereocenters. The van der Waals surface area contributed by atoms with Gasteiger partial charge in [0.2, 0.25) is 0 Å². The van der Waals surface area contributed by atoms with E-state index in [1.165, 1.54) is 0 Å². The minimum Gasteiger partial charge on any atom is -0.316 e. The number of H-pyrrole nitrogens is 1. The summed E-state index contributed by atoms with van der Waals surface area (Å²) in [5.74, 6) is 1.47. The number of nitrogens with one attached hydrogen (secondary N) is 3. The Morgan fingerprint density at radius 1 is 1.46 bits per heavy atom. The molecule has 0 bridgehead atoms. The number of thiocarbonyl (C=S) groups is 1. The van der Waals surface area contributed by atoms with Crippen LogP contribution in [0.15, 0.2) is 28.7 Å². The number of aromatic nitrogens is 4. The van der Waals surface area contributed by atoms with Gasteiger partial charge in [0.1, 0.15) is 0 Å². The lowest BCUT2D eigenvalue weighted by atomic mass is 10.2. The van der Waals surface area contributed by atoms with Gasteiger partial charge in [0, 0.05) is 18.0 Å². The topological polar surface area (TPSA) is 95.3 Å². The zero-order valence-electron chi connectivity index (χ0n) is 13.8.